The summed E-state index contributed by atoms with van der Waals surface area (Å²) >= 11 is 0. The number of aliphatic hydroxyl groups is 4. The maximum atomic E-state index is 10.3. The van der Waals surface area contributed by atoms with Crippen molar-refractivity contribution in [1.82, 2.24) is 0 Å². The summed E-state index contributed by atoms with van der Waals surface area (Å²) < 4.78 is 0. The van der Waals surface area contributed by atoms with Crippen LogP contribution in [0, 0.1) is 0 Å². The average molecular weight is 332 g/mol. The van der Waals surface area contributed by atoms with Crippen LogP contribution in [0.2, 0.25) is 0 Å². The molecule has 0 fully saturated rings. The standard InChI is InChI=1S/C8H6O4.C3H8O2.C2H6O2.C2H4/c9-7(10)5-1-2-6(4-3-5)8(11)12;4-2-1-3-5;3-1-2-4;1-2/h1-4H,(H,9,10)(H,11,12);4-5H,1-3H2;3-4H,1-2H2;1-2H2. The van der Waals surface area contributed by atoms with Gasteiger partial charge in [0.2, 0.25) is 0 Å². The Bertz CT molecular complexity index is 365. The average Bonchev–Trinajstić information content (AvgIpc) is 2.58. The zero-order valence-corrected chi connectivity index (χ0v) is 12.8. The van der Waals surface area contributed by atoms with E-state index in [1.807, 2.05) is 0 Å². The molecule has 0 aliphatic carbocycles. The fourth-order valence-electron chi connectivity index (χ4n) is 0.826. The van der Waals surface area contributed by atoms with E-state index in [0.29, 0.717) is 6.42 Å². The molecule has 6 N–H and O–H groups in total. The Balaban J connectivity index is -0.000000304. The van der Waals surface area contributed by atoms with Crippen LogP contribution >= 0.6 is 0 Å². The number of rotatable bonds is 5. The van der Waals surface area contributed by atoms with Crippen molar-refractivity contribution >= 4 is 11.9 Å². The van der Waals surface area contributed by atoms with Crippen LogP contribution in [0.5, 0.6) is 0 Å². The molecule has 0 amide bonds. The molecule has 0 saturated carbocycles. The van der Waals surface area contributed by atoms with E-state index < -0.39 is 11.9 Å². The molecule has 0 saturated heterocycles. The maximum Gasteiger partial charge on any atom is 0.335 e. The molecule has 8 nitrogen and oxygen atoms in total. The lowest BCUT2D eigenvalue weighted by Gasteiger charge is -1.94. The predicted octanol–water partition coefficient (Wildman–Crippen LogP) is 0.217. The van der Waals surface area contributed by atoms with Crippen LogP contribution in [0.3, 0.4) is 0 Å². The Morgan fingerprint density at radius 3 is 1.04 bits per heavy atom. The van der Waals surface area contributed by atoms with Crippen molar-refractivity contribution in [2.45, 2.75) is 6.42 Å². The number of benzene rings is 1. The van der Waals surface area contributed by atoms with Gasteiger partial charge in [-0.15, -0.1) is 13.2 Å². The fraction of sp³-hybridized carbons (Fsp3) is 0.333. The maximum absolute atomic E-state index is 10.3. The highest BCUT2D eigenvalue weighted by molar-refractivity contribution is 5.91. The first-order chi connectivity index (χ1) is 10.9. The minimum Gasteiger partial charge on any atom is -0.478 e. The van der Waals surface area contributed by atoms with Crippen molar-refractivity contribution in [3.63, 3.8) is 0 Å². The third kappa shape index (κ3) is 17.7. The Kier molecular flexibility index (Phi) is 22.0. The molecule has 0 aliphatic heterocycles. The quantitative estimate of drug-likeness (QED) is 0.418. The van der Waals surface area contributed by atoms with Gasteiger partial charge in [-0.2, -0.15) is 0 Å². The van der Waals surface area contributed by atoms with Gasteiger partial charge in [0.05, 0.1) is 24.3 Å². The zero-order valence-electron chi connectivity index (χ0n) is 12.8. The van der Waals surface area contributed by atoms with Crippen molar-refractivity contribution in [3.8, 4) is 0 Å². The van der Waals surface area contributed by atoms with Crippen molar-refractivity contribution < 1.29 is 40.2 Å². The number of carbonyl (C=O) groups is 2. The minimum absolute atomic E-state index is 0.0833. The summed E-state index contributed by atoms with van der Waals surface area (Å²) in [5.74, 6) is -2.13. The van der Waals surface area contributed by atoms with Gasteiger partial charge in [-0.25, -0.2) is 9.59 Å². The highest BCUT2D eigenvalue weighted by Crippen LogP contribution is 2.03. The van der Waals surface area contributed by atoms with Gasteiger partial charge in [-0.05, 0) is 30.7 Å². The van der Waals surface area contributed by atoms with Gasteiger partial charge in [0, 0.05) is 13.2 Å². The molecule has 8 heteroatoms. The van der Waals surface area contributed by atoms with Gasteiger partial charge < -0.3 is 30.6 Å². The van der Waals surface area contributed by atoms with Crippen LogP contribution in [0.1, 0.15) is 27.1 Å². The van der Waals surface area contributed by atoms with Crippen LogP contribution in [-0.4, -0.2) is 69.0 Å². The Morgan fingerprint density at radius 1 is 0.696 bits per heavy atom. The molecule has 132 valence electrons. The van der Waals surface area contributed by atoms with E-state index in [-0.39, 0.29) is 37.6 Å². The topological polar surface area (TPSA) is 156 Å². The molecule has 1 aromatic carbocycles. The highest BCUT2D eigenvalue weighted by Gasteiger charge is 2.04. The number of hydrogen-bond donors (Lipinski definition) is 6. The van der Waals surface area contributed by atoms with Crippen molar-refractivity contribution in [2.24, 2.45) is 0 Å². The third-order valence-corrected chi connectivity index (χ3v) is 1.80. The van der Waals surface area contributed by atoms with Gasteiger partial charge in [0.15, 0.2) is 0 Å². The number of hydrogen-bond acceptors (Lipinski definition) is 6. The number of aromatic carboxylic acids is 2. The van der Waals surface area contributed by atoms with E-state index in [2.05, 4.69) is 13.2 Å². The lowest BCUT2D eigenvalue weighted by molar-refractivity contribution is 0.0681. The summed E-state index contributed by atoms with van der Waals surface area (Å²) in [5.41, 5.74) is 0.167. The van der Waals surface area contributed by atoms with Crippen LogP contribution in [0.25, 0.3) is 0 Å². The van der Waals surface area contributed by atoms with Gasteiger partial charge in [-0.3, -0.25) is 0 Å². The molecule has 23 heavy (non-hydrogen) atoms. The van der Waals surface area contributed by atoms with Crippen LogP contribution in [0.15, 0.2) is 37.4 Å². The SMILES string of the molecule is C=C.O=C(O)c1ccc(C(=O)O)cc1.OCCCO.OCCO. The van der Waals surface area contributed by atoms with E-state index in [1.54, 1.807) is 0 Å². The molecular weight excluding hydrogens is 308 g/mol. The molecule has 0 heterocycles. The zero-order chi connectivity index (χ0) is 18.7. The number of carboxylic acids is 2. The second kappa shape index (κ2) is 19.7. The molecule has 0 atom stereocenters. The Hall–Kier alpha value is -2.26. The third-order valence-electron chi connectivity index (χ3n) is 1.80. The second-order valence-corrected chi connectivity index (χ2v) is 3.44. The van der Waals surface area contributed by atoms with E-state index in [9.17, 15) is 9.59 Å². The first-order valence-electron chi connectivity index (χ1n) is 6.44. The van der Waals surface area contributed by atoms with E-state index in [4.69, 9.17) is 30.6 Å². The molecule has 1 aromatic rings. The molecule has 1 rings (SSSR count). The Labute approximate surface area is 134 Å². The van der Waals surface area contributed by atoms with Crippen molar-refractivity contribution in [1.29, 1.82) is 0 Å². The first-order valence-corrected chi connectivity index (χ1v) is 6.44. The Morgan fingerprint density at radius 2 is 0.957 bits per heavy atom. The molecular formula is C15H24O8. The van der Waals surface area contributed by atoms with Crippen molar-refractivity contribution in [2.75, 3.05) is 26.4 Å². The molecule has 0 spiro atoms. The van der Waals surface area contributed by atoms with Crippen LogP contribution in [0.4, 0.5) is 0 Å². The molecule has 0 aliphatic rings. The predicted molar refractivity (Wildman–Crippen MR) is 84.6 cm³/mol. The summed E-state index contributed by atoms with van der Waals surface area (Å²) in [4.78, 5) is 20.7. The number of carboxylic acid groups (broad SMARTS) is 2. The summed E-state index contributed by atoms with van der Waals surface area (Å²) in [5, 5.41) is 48.0. The summed E-state index contributed by atoms with van der Waals surface area (Å²) in [6, 6.07) is 5.02. The monoisotopic (exact) mass is 332 g/mol. The van der Waals surface area contributed by atoms with Gasteiger partial charge >= 0.3 is 11.9 Å². The largest absolute Gasteiger partial charge is 0.478 e. The minimum atomic E-state index is -1.06. The van der Waals surface area contributed by atoms with Gasteiger partial charge in [-0.1, -0.05) is 0 Å². The summed E-state index contributed by atoms with van der Waals surface area (Å²) in [6.07, 6.45) is 0.500. The van der Waals surface area contributed by atoms with Crippen molar-refractivity contribution in [3.05, 3.63) is 48.6 Å². The van der Waals surface area contributed by atoms with Crippen LogP contribution < -0.4 is 0 Å². The van der Waals surface area contributed by atoms with E-state index >= 15 is 0 Å². The lowest BCUT2D eigenvalue weighted by Crippen LogP contribution is -1.99. The smallest absolute Gasteiger partial charge is 0.335 e. The lowest BCUT2D eigenvalue weighted by atomic mass is 10.1. The fourth-order valence-corrected chi connectivity index (χ4v) is 0.826. The number of aliphatic hydroxyl groups excluding tert-OH is 4. The molecule has 0 aromatic heterocycles. The molecule has 0 radical (unpaired) electrons. The normalized spacial score (nSPS) is 8.17. The highest BCUT2D eigenvalue weighted by atomic mass is 16.4. The van der Waals surface area contributed by atoms with Crippen LogP contribution in [-0.2, 0) is 0 Å². The first kappa shape index (κ1) is 25.7. The summed E-state index contributed by atoms with van der Waals surface area (Å²) in [6.45, 7) is 5.94. The van der Waals surface area contributed by atoms with Gasteiger partial charge in [0.1, 0.15) is 0 Å². The van der Waals surface area contributed by atoms with E-state index in [1.165, 1.54) is 24.3 Å². The van der Waals surface area contributed by atoms with E-state index in [0.717, 1.165) is 0 Å². The second-order valence-electron chi connectivity index (χ2n) is 3.44. The molecule has 0 unspecified atom stereocenters. The molecule has 0 bridgehead atoms. The summed E-state index contributed by atoms with van der Waals surface area (Å²) in [7, 11) is 0. The van der Waals surface area contributed by atoms with Gasteiger partial charge in [0.25, 0.3) is 0 Å².